The lowest BCUT2D eigenvalue weighted by Gasteiger charge is -2.38. The van der Waals surface area contributed by atoms with E-state index in [1.165, 1.54) is 0 Å². The van der Waals surface area contributed by atoms with Crippen molar-refractivity contribution in [1.29, 1.82) is 5.26 Å². The molecule has 3 N–H and O–H groups in total. The number of carbonyl (C=O) groups excluding carboxylic acids is 2. The van der Waals surface area contributed by atoms with Gasteiger partial charge in [-0.1, -0.05) is 25.5 Å². The Morgan fingerprint density at radius 1 is 1.24 bits per heavy atom. The monoisotopic (exact) mass is 534 g/mol. The minimum atomic E-state index is -1.68. The number of nitriles is 1. The number of nitrogens with one attached hydrogen (secondary N) is 1. The largest absolute Gasteiger partial charge is 0.475 e. The third-order valence-corrected chi connectivity index (χ3v) is 7.28. The van der Waals surface area contributed by atoms with E-state index in [1.807, 2.05) is 13.8 Å². The molecule has 0 spiro atoms. The van der Waals surface area contributed by atoms with E-state index < -0.39 is 31.2 Å². The second-order valence-corrected chi connectivity index (χ2v) is 11.7. The summed E-state index contributed by atoms with van der Waals surface area (Å²) in [5.74, 6) is -1.86. The number of nitrogens with zero attached hydrogens (tertiary/aromatic N) is 3. The molecule has 2 heterocycles. The number of allylic oxidation sites excluding steroid dienone is 1. The summed E-state index contributed by atoms with van der Waals surface area (Å²) < 4.78 is 10.7. The predicted molar refractivity (Wildman–Crippen MR) is 146 cm³/mol. The van der Waals surface area contributed by atoms with Gasteiger partial charge < -0.3 is 29.7 Å². The number of hydrogen-bond donors (Lipinski definition) is 3. The summed E-state index contributed by atoms with van der Waals surface area (Å²) in [4.78, 5) is 28.8. The van der Waals surface area contributed by atoms with Crippen LogP contribution in [0.25, 0.3) is 0 Å². The first kappa shape index (κ1) is 32.1. The first-order valence-electron chi connectivity index (χ1n) is 13.9. The zero-order valence-corrected chi connectivity index (χ0v) is 23.8. The van der Waals surface area contributed by atoms with Crippen LogP contribution < -0.4 is 5.32 Å². The molecule has 2 fully saturated rings. The molecule has 3 rings (SSSR count). The van der Waals surface area contributed by atoms with Gasteiger partial charge in [0.05, 0.1) is 31.8 Å². The summed E-state index contributed by atoms with van der Waals surface area (Å²) >= 11 is 0. The number of piperidine rings is 1. The zero-order valence-electron chi connectivity index (χ0n) is 23.8. The Morgan fingerprint density at radius 3 is 2.42 bits per heavy atom. The molecule has 0 aromatic heterocycles. The van der Waals surface area contributed by atoms with Gasteiger partial charge in [-0.3, -0.25) is 9.69 Å². The van der Waals surface area contributed by atoms with Crippen LogP contribution in [-0.2, 0) is 14.3 Å². The second kappa shape index (κ2) is 15.5. The van der Waals surface area contributed by atoms with Crippen molar-refractivity contribution in [2.45, 2.75) is 90.7 Å². The molecule has 2 amide bonds. The van der Waals surface area contributed by atoms with Crippen molar-refractivity contribution < 1.29 is 29.1 Å². The molecule has 0 radical (unpaired) electrons. The Hall–Kier alpha value is -2.13. The number of carbonyl (C=O) groups is 2. The van der Waals surface area contributed by atoms with Crippen LogP contribution in [-0.4, -0.2) is 95.9 Å². The maximum absolute atomic E-state index is 12.5. The van der Waals surface area contributed by atoms with Crippen molar-refractivity contribution in [3.8, 4) is 6.07 Å². The first-order valence-corrected chi connectivity index (χ1v) is 13.9. The number of alkyl carbamates (subject to hydrolysis) is 1. The molecule has 0 saturated carbocycles. The van der Waals surface area contributed by atoms with Gasteiger partial charge in [-0.15, -0.1) is 0 Å². The lowest BCUT2D eigenvalue weighted by molar-refractivity contribution is -0.138. The standard InChI is InChI=1S/C19H30BN3O5.C8H17NO/c1-13(2)16(11-21)18(24)23-9-5-8-15(12-23)28-19(25)22-17(20(26)27)10-14-6-3-4-7-14;1-8(2,3)9-4-6-10-7-5-9/h6,13,15-17,26-27H,3-5,7-10,12H2,1-2H3,(H,22,25);4-7H2,1-3H3. The fourth-order valence-corrected chi connectivity index (χ4v) is 4.93. The highest BCUT2D eigenvalue weighted by atomic mass is 16.6. The third-order valence-electron chi connectivity index (χ3n) is 7.28. The van der Waals surface area contributed by atoms with E-state index in [0.29, 0.717) is 31.3 Å². The number of amides is 2. The number of rotatable bonds is 7. The van der Waals surface area contributed by atoms with Crippen molar-refractivity contribution in [3.05, 3.63) is 11.6 Å². The van der Waals surface area contributed by atoms with Crippen LogP contribution in [0.4, 0.5) is 4.79 Å². The SMILES string of the molecule is CC(C)(C)N1CCOCC1.CC(C)C(C#N)C(=O)N1CCCC(OC(=O)NC(CC2=CCCC2)B(O)O)C1. The van der Waals surface area contributed by atoms with Gasteiger partial charge in [0.25, 0.3) is 0 Å². The van der Waals surface area contributed by atoms with Gasteiger partial charge in [0.1, 0.15) is 12.0 Å². The van der Waals surface area contributed by atoms with Gasteiger partial charge in [-0.2, -0.15) is 5.26 Å². The average Bonchev–Trinajstić information content (AvgIpc) is 3.37. The lowest BCUT2D eigenvalue weighted by atomic mass is 9.76. The van der Waals surface area contributed by atoms with Crippen molar-refractivity contribution in [3.63, 3.8) is 0 Å². The van der Waals surface area contributed by atoms with Crippen LogP contribution in [0.2, 0.25) is 0 Å². The van der Waals surface area contributed by atoms with Crippen molar-refractivity contribution in [1.82, 2.24) is 15.1 Å². The summed E-state index contributed by atoms with van der Waals surface area (Å²) in [6.45, 7) is 15.2. The predicted octanol–water partition coefficient (Wildman–Crippen LogP) is 2.50. The number of morpholine rings is 1. The summed E-state index contributed by atoms with van der Waals surface area (Å²) in [6, 6.07) is 2.05. The normalized spacial score (nSPS) is 21.9. The smallest absolute Gasteiger partial charge is 0.444 e. The van der Waals surface area contributed by atoms with Crippen LogP contribution in [0.3, 0.4) is 0 Å². The Kier molecular flexibility index (Phi) is 13.1. The Bertz CT molecular complexity index is 832. The molecule has 0 aromatic rings. The molecule has 2 saturated heterocycles. The fraction of sp³-hybridized carbons (Fsp3) is 0.815. The van der Waals surface area contributed by atoms with Gasteiger partial charge in [-0.05, 0) is 65.2 Å². The van der Waals surface area contributed by atoms with Gasteiger partial charge in [0, 0.05) is 25.2 Å². The summed E-state index contributed by atoms with van der Waals surface area (Å²) in [5.41, 5.74) is 1.42. The minimum absolute atomic E-state index is 0.0845. The van der Waals surface area contributed by atoms with Gasteiger partial charge in [0.2, 0.25) is 5.91 Å². The van der Waals surface area contributed by atoms with Crippen molar-refractivity contribution in [2.75, 3.05) is 39.4 Å². The topological polar surface area (TPSA) is 135 Å². The van der Waals surface area contributed by atoms with Crippen LogP contribution in [0, 0.1) is 23.2 Å². The minimum Gasteiger partial charge on any atom is -0.444 e. The van der Waals surface area contributed by atoms with E-state index in [9.17, 15) is 24.9 Å². The van der Waals surface area contributed by atoms with Crippen molar-refractivity contribution in [2.24, 2.45) is 11.8 Å². The number of likely N-dealkylation sites (tertiary alicyclic amines) is 1. The fourth-order valence-electron chi connectivity index (χ4n) is 4.93. The van der Waals surface area contributed by atoms with Gasteiger partial charge in [-0.25, -0.2) is 4.79 Å². The molecule has 11 heteroatoms. The molecular formula is C27H47BN4O6. The van der Waals surface area contributed by atoms with Crippen LogP contribution in [0.15, 0.2) is 11.6 Å². The molecule has 2 aliphatic heterocycles. The van der Waals surface area contributed by atoms with Crippen LogP contribution in [0.1, 0.15) is 73.1 Å². The van der Waals surface area contributed by atoms with E-state index in [-0.39, 0.29) is 18.4 Å². The Balaban J connectivity index is 0.000000423. The van der Waals surface area contributed by atoms with E-state index in [2.05, 4.69) is 43.1 Å². The van der Waals surface area contributed by atoms with Gasteiger partial charge in [0.15, 0.2) is 0 Å². The summed E-state index contributed by atoms with van der Waals surface area (Å²) in [5, 5.41) is 30.9. The van der Waals surface area contributed by atoms with E-state index in [4.69, 9.17) is 9.47 Å². The lowest BCUT2D eigenvalue weighted by Crippen LogP contribution is -2.50. The zero-order chi connectivity index (χ0) is 28.3. The highest BCUT2D eigenvalue weighted by molar-refractivity contribution is 6.43. The quantitative estimate of drug-likeness (QED) is 0.335. The Morgan fingerprint density at radius 2 is 1.92 bits per heavy atom. The average molecular weight is 535 g/mol. The molecule has 0 bridgehead atoms. The first-order chi connectivity index (χ1) is 17.9. The molecule has 214 valence electrons. The summed E-state index contributed by atoms with van der Waals surface area (Å²) in [6.07, 6.45) is 5.44. The molecule has 3 unspecified atom stereocenters. The van der Waals surface area contributed by atoms with Crippen LogP contribution >= 0.6 is 0 Å². The number of ether oxygens (including phenoxy) is 2. The van der Waals surface area contributed by atoms with E-state index in [1.54, 1.807) is 4.90 Å². The molecule has 3 atom stereocenters. The Labute approximate surface area is 228 Å². The molecule has 38 heavy (non-hydrogen) atoms. The van der Waals surface area contributed by atoms with E-state index >= 15 is 0 Å². The molecule has 10 nitrogen and oxygen atoms in total. The van der Waals surface area contributed by atoms with Crippen molar-refractivity contribution >= 4 is 19.1 Å². The molecule has 3 aliphatic rings. The maximum Gasteiger partial charge on any atom is 0.475 e. The third kappa shape index (κ3) is 10.6. The highest BCUT2D eigenvalue weighted by Crippen LogP contribution is 2.23. The highest BCUT2D eigenvalue weighted by Gasteiger charge is 2.33. The van der Waals surface area contributed by atoms with E-state index in [0.717, 1.165) is 51.1 Å². The molecule has 1 aliphatic carbocycles. The maximum atomic E-state index is 12.5. The number of hydrogen-bond acceptors (Lipinski definition) is 8. The van der Waals surface area contributed by atoms with Crippen LogP contribution in [0.5, 0.6) is 0 Å². The summed E-state index contributed by atoms with van der Waals surface area (Å²) in [7, 11) is -1.68. The second-order valence-electron chi connectivity index (χ2n) is 11.7. The molecule has 0 aromatic carbocycles. The van der Waals surface area contributed by atoms with Gasteiger partial charge >= 0.3 is 13.2 Å². The molecular weight excluding hydrogens is 487 g/mol.